The smallest absolute Gasteiger partial charge is 0.348 e. The normalized spacial score (nSPS) is 23.0. The van der Waals surface area contributed by atoms with E-state index in [2.05, 4.69) is 20.3 Å². The van der Waals surface area contributed by atoms with Gasteiger partial charge in [0.05, 0.1) is 19.5 Å². The summed E-state index contributed by atoms with van der Waals surface area (Å²) in [7, 11) is 0. The fourth-order valence-electron chi connectivity index (χ4n) is 4.21. The number of aromatic nitrogens is 4. The van der Waals surface area contributed by atoms with E-state index < -0.39 is 54.6 Å². The summed E-state index contributed by atoms with van der Waals surface area (Å²) in [5.41, 5.74) is -4.53. The summed E-state index contributed by atoms with van der Waals surface area (Å²) in [5, 5.41) is 53.6. The van der Waals surface area contributed by atoms with E-state index in [0.717, 1.165) is 0 Å². The summed E-state index contributed by atoms with van der Waals surface area (Å²) in [4.78, 5) is 36.6. The molecule has 15 heteroatoms. The van der Waals surface area contributed by atoms with Crippen LogP contribution in [0.4, 0.5) is 5.82 Å². The number of ether oxygens (including phenoxy) is 2. The number of aliphatic hydroxyl groups excluding tert-OH is 2. The van der Waals surface area contributed by atoms with E-state index in [0.29, 0.717) is 5.56 Å². The molecular weight excluding hydrogens is 538 g/mol. The molecule has 1 aliphatic heterocycles. The van der Waals surface area contributed by atoms with Gasteiger partial charge in [-0.05, 0) is 17.2 Å². The predicted molar refractivity (Wildman–Crippen MR) is 134 cm³/mol. The number of aliphatic carboxylic acids is 2. The Morgan fingerprint density at radius 2 is 1.95 bits per heavy atom. The van der Waals surface area contributed by atoms with Gasteiger partial charge < -0.3 is 40.3 Å². The number of terminal acetylenes is 1. The fraction of sp³-hybridized carbons (Fsp3) is 0.375. The first-order valence-corrected chi connectivity index (χ1v) is 11.9. The van der Waals surface area contributed by atoms with Crippen LogP contribution in [0.25, 0.3) is 11.2 Å². The third kappa shape index (κ3) is 5.11. The molecule has 1 aromatic carbocycles. The van der Waals surface area contributed by atoms with E-state index in [4.69, 9.17) is 32.6 Å². The fourth-order valence-corrected chi connectivity index (χ4v) is 4.37. The van der Waals surface area contributed by atoms with Crippen LogP contribution in [0.1, 0.15) is 11.8 Å². The van der Waals surface area contributed by atoms with Crippen LogP contribution < -0.4 is 5.32 Å². The number of nitrogens with zero attached hydrogens (tertiary/aromatic N) is 4. The Hall–Kier alpha value is -3.84. The summed E-state index contributed by atoms with van der Waals surface area (Å²) >= 11 is 6.03. The van der Waals surface area contributed by atoms with Gasteiger partial charge in [-0.15, -0.1) is 6.42 Å². The summed E-state index contributed by atoms with van der Waals surface area (Å²) in [6.45, 7) is -0.888. The second-order valence-corrected chi connectivity index (χ2v) is 8.99. The van der Waals surface area contributed by atoms with E-state index in [-0.39, 0.29) is 35.4 Å². The number of hydrogen-bond donors (Lipinski definition) is 6. The minimum Gasteiger partial charge on any atom is -0.479 e. The number of fused-ring (bicyclic) bond motifs is 1. The number of imidazole rings is 1. The Morgan fingerprint density at radius 3 is 2.56 bits per heavy atom. The molecule has 0 unspecified atom stereocenters. The van der Waals surface area contributed by atoms with Crippen LogP contribution in [0.5, 0.6) is 0 Å². The highest BCUT2D eigenvalue weighted by atomic mass is 35.5. The molecule has 1 fully saturated rings. The van der Waals surface area contributed by atoms with Crippen molar-refractivity contribution in [1.29, 1.82) is 0 Å². The van der Waals surface area contributed by atoms with Crippen molar-refractivity contribution in [3.05, 3.63) is 47.5 Å². The number of halogens is 1. The van der Waals surface area contributed by atoms with E-state index in [1.807, 2.05) is 5.92 Å². The molecule has 0 bridgehead atoms. The molecule has 2 aromatic heterocycles. The molecule has 0 aliphatic carbocycles. The Labute approximate surface area is 225 Å². The third-order valence-electron chi connectivity index (χ3n) is 6.29. The van der Waals surface area contributed by atoms with Crippen LogP contribution in [0.2, 0.25) is 5.28 Å². The Balaban J connectivity index is 1.65. The van der Waals surface area contributed by atoms with Crippen LogP contribution in [0, 0.1) is 12.3 Å². The molecular formula is C24H24ClN5O9. The number of anilines is 1. The van der Waals surface area contributed by atoms with Crippen molar-refractivity contribution in [3.8, 4) is 12.3 Å². The first-order chi connectivity index (χ1) is 18.6. The van der Waals surface area contributed by atoms with E-state index in [1.54, 1.807) is 18.2 Å². The van der Waals surface area contributed by atoms with Crippen molar-refractivity contribution < 1.29 is 44.6 Å². The number of hydrogen-bond acceptors (Lipinski definition) is 11. The molecule has 1 aliphatic rings. The first-order valence-electron chi connectivity index (χ1n) is 11.5. The first kappa shape index (κ1) is 28.2. The quantitative estimate of drug-likeness (QED) is 0.101. The SMILES string of the molecule is C#C[C@@]1(O)[C@@H](COC(Cc2ccccc2)(C(=O)O)C(=O)O)O[C@@H](n2cnc3c(NCCO)nc(Cl)nc32)[C@@H]1O. The molecule has 4 rings (SSSR count). The largest absolute Gasteiger partial charge is 0.479 e. The molecule has 0 radical (unpaired) electrons. The lowest BCUT2D eigenvalue weighted by Crippen LogP contribution is -2.55. The van der Waals surface area contributed by atoms with Crippen LogP contribution in [-0.4, -0.2) is 100 Å². The molecule has 4 atom stereocenters. The average molecular weight is 562 g/mol. The molecule has 3 heterocycles. The van der Waals surface area contributed by atoms with Crippen LogP contribution >= 0.6 is 11.6 Å². The highest BCUT2D eigenvalue weighted by Crippen LogP contribution is 2.39. The number of carboxylic acids is 2. The standard InChI is InChI=1S/C24H24ClN5O9/c1-2-23(37)14(11-38-24(20(33)34,21(35)36)10-13-6-4-3-5-7-13)39-19(16(23)32)30-12-27-15-17(26-8-9-31)28-22(25)29-18(15)30/h1,3-7,12,14,16,19,31-32,37H,8-11H2,(H,33,34)(H,35,36)(H,26,28,29)/t14-,16+,19-,23-/m1/s1. The van der Waals surface area contributed by atoms with Crippen LogP contribution in [0.15, 0.2) is 36.7 Å². The zero-order chi connectivity index (χ0) is 28.4. The number of nitrogens with one attached hydrogen (secondary N) is 1. The zero-order valence-electron chi connectivity index (χ0n) is 20.1. The van der Waals surface area contributed by atoms with Crippen molar-refractivity contribution >= 4 is 40.5 Å². The maximum Gasteiger partial charge on any atom is 0.348 e. The Kier molecular flexibility index (Phi) is 8.02. The minimum absolute atomic E-state index is 0.0786. The van der Waals surface area contributed by atoms with Crippen molar-refractivity contribution in [3.63, 3.8) is 0 Å². The van der Waals surface area contributed by atoms with Crippen molar-refractivity contribution in [2.75, 3.05) is 25.1 Å². The molecule has 0 saturated carbocycles. The maximum absolute atomic E-state index is 12.1. The lowest BCUT2D eigenvalue weighted by atomic mass is 9.92. The Morgan fingerprint density at radius 1 is 1.26 bits per heavy atom. The summed E-state index contributed by atoms with van der Waals surface area (Å²) in [5.74, 6) is -1.33. The number of carbonyl (C=O) groups is 2. The molecule has 0 amide bonds. The predicted octanol–water partition coefficient (Wildman–Crippen LogP) is -0.326. The van der Waals surface area contributed by atoms with Gasteiger partial charge in [0.2, 0.25) is 5.28 Å². The highest BCUT2D eigenvalue weighted by Gasteiger charge is 2.57. The molecule has 1 saturated heterocycles. The van der Waals surface area contributed by atoms with Crippen LogP contribution in [-0.2, 0) is 25.5 Å². The third-order valence-corrected chi connectivity index (χ3v) is 6.46. The maximum atomic E-state index is 12.1. The summed E-state index contributed by atoms with van der Waals surface area (Å²) in [6.07, 6.45) is 1.41. The monoisotopic (exact) mass is 561 g/mol. The Bertz CT molecular complexity index is 1400. The minimum atomic E-state index is -2.75. The molecule has 0 spiro atoms. The van der Waals surface area contributed by atoms with Gasteiger partial charge in [0.25, 0.3) is 5.60 Å². The molecule has 206 valence electrons. The van der Waals surface area contributed by atoms with E-state index in [9.17, 15) is 30.0 Å². The van der Waals surface area contributed by atoms with Crippen LogP contribution in [0.3, 0.4) is 0 Å². The number of aliphatic hydroxyl groups is 3. The number of carboxylic acid groups (broad SMARTS) is 2. The van der Waals surface area contributed by atoms with Crippen molar-refractivity contribution in [1.82, 2.24) is 19.5 Å². The number of rotatable bonds is 11. The topological polar surface area (TPSA) is 209 Å². The summed E-state index contributed by atoms with van der Waals surface area (Å²) < 4.78 is 12.5. The highest BCUT2D eigenvalue weighted by molar-refractivity contribution is 6.28. The van der Waals surface area contributed by atoms with Gasteiger partial charge in [-0.25, -0.2) is 14.6 Å². The average Bonchev–Trinajstić information content (AvgIpc) is 3.44. The summed E-state index contributed by atoms with van der Waals surface area (Å²) in [6, 6.07) is 7.97. The van der Waals surface area contributed by atoms with Crippen molar-refractivity contribution in [2.45, 2.75) is 36.1 Å². The van der Waals surface area contributed by atoms with Gasteiger partial charge in [-0.2, -0.15) is 9.97 Å². The van der Waals surface area contributed by atoms with Gasteiger partial charge in [-0.1, -0.05) is 36.3 Å². The van der Waals surface area contributed by atoms with Gasteiger partial charge in [0, 0.05) is 13.0 Å². The lowest BCUT2D eigenvalue weighted by Gasteiger charge is -2.30. The van der Waals surface area contributed by atoms with Crippen molar-refractivity contribution in [2.24, 2.45) is 0 Å². The van der Waals surface area contributed by atoms with E-state index >= 15 is 0 Å². The van der Waals surface area contributed by atoms with Gasteiger partial charge in [-0.3, -0.25) is 4.57 Å². The zero-order valence-corrected chi connectivity index (χ0v) is 20.9. The number of benzene rings is 1. The second-order valence-electron chi connectivity index (χ2n) is 8.66. The molecule has 6 N–H and O–H groups in total. The molecule has 3 aromatic rings. The lowest BCUT2D eigenvalue weighted by molar-refractivity contribution is -0.191. The van der Waals surface area contributed by atoms with Gasteiger partial charge in [0.15, 0.2) is 28.8 Å². The van der Waals surface area contributed by atoms with E-state index in [1.165, 1.54) is 23.0 Å². The second kappa shape index (κ2) is 11.1. The van der Waals surface area contributed by atoms with Gasteiger partial charge >= 0.3 is 11.9 Å². The molecule has 39 heavy (non-hydrogen) atoms. The molecule has 14 nitrogen and oxygen atoms in total. The van der Waals surface area contributed by atoms with Gasteiger partial charge in [0.1, 0.15) is 12.2 Å².